The summed E-state index contributed by atoms with van der Waals surface area (Å²) in [4.78, 5) is 0. The van der Waals surface area contributed by atoms with E-state index in [1.165, 1.54) is 0 Å². The van der Waals surface area contributed by atoms with Crippen LogP contribution in [0.1, 0.15) is 53.9 Å². The van der Waals surface area contributed by atoms with Crippen LogP contribution in [0.5, 0.6) is 0 Å². The third kappa shape index (κ3) is 6.64. The van der Waals surface area contributed by atoms with E-state index in [-0.39, 0.29) is 12.2 Å². The molecule has 0 saturated carbocycles. The van der Waals surface area contributed by atoms with E-state index in [2.05, 4.69) is 6.92 Å². The van der Waals surface area contributed by atoms with Gasteiger partial charge in [0.25, 0.3) is 0 Å². The Morgan fingerprint density at radius 2 is 1.62 bits per heavy atom. The minimum absolute atomic E-state index is 0.105. The standard InChI is InChI=1S/C11H25O4P/c1-6-9-11(5)15-16(12,13-8-3)14-10(4)7-2/h10-11H,6-9H2,1-5H3. The molecule has 0 amide bonds. The quantitative estimate of drug-likeness (QED) is 0.578. The minimum Gasteiger partial charge on any atom is -0.287 e. The second-order valence-electron chi connectivity index (χ2n) is 3.89. The van der Waals surface area contributed by atoms with Crippen LogP contribution in [-0.4, -0.2) is 18.8 Å². The zero-order valence-corrected chi connectivity index (χ0v) is 12.0. The normalized spacial score (nSPS) is 19.1. The van der Waals surface area contributed by atoms with Crippen molar-refractivity contribution >= 4 is 7.82 Å². The predicted octanol–water partition coefficient (Wildman–Crippen LogP) is 4.15. The highest BCUT2D eigenvalue weighted by Crippen LogP contribution is 2.52. The third-order valence-corrected chi connectivity index (χ3v) is 3.99. The molecule has 0 bridgehead atoms. The summed E-state index contributed by atoms with van der Waals surface area (Å²) >= 11 is 0. The van der Waals surface area contributed by atoms with Crippen molar-refractivity contribution in [1.29, 1.82) is 0 Å². The summed E-state index contributed by atoms with van der Waals surface area (Å²) in [5, 5.41) is 0. The van der Waals surface area contributed by atoms with Gasteiger partial charge >= 0.3 is 7.82 Å². The van der Waals surface area contributed by atoms with Gasteiger partial charge in [-0.2, -0.15) is 0 Å². The van der Waals surface area contributed by atoms with Crippen LogP contribution in [-0.2, 0) is 18.1 Å². The van der Waals surface area contributed by atoms with E-state index >= 15 is 0 Å². The molecule has 98 valence electrons. The molecule has 0 heterocycles. The molecular weight excluding hydrogens is 227 g/mol. The smallest absolute Gasteiger partial charge is 0.287 e. The van der Waals surface area contributed by atoms with Gasteiger partial charge in [0.1, 0.15) is 0 Å². The number of hydrogen-bond acceptors (Lipinski definition) is 4. The van der Waals surface area contributed by atoms with E-state index < -0.39 is 7.82 Å². The Morgan fingerprint density at radius 3 is 2.06 bits per heavy atom. The molecule has 0 N–H and O–H groups in total. The monoisotopic (exact) mass is 252 g/mol. The maximum atomic E-state index is 12.2. The second-order valence-corrected chi connectivity index (χ2v) is 5.47. The van der Waals surface area contributed by atoms with E-state index in [9.17, 15) is 4.57 Å². The molecule has 0 radical (unpaired) electrons. The van der Waals surface area contributed by atoms with Gasteiger partial charge in [-0.15, -0.1) is 0 Å². The van der Waals surface area contributed by atoms with Gasteiger partial charge in [-0.3, -0.25) is 13.6 Å². The van der Waals surface area contributed by atoms with Crippen molar-refractivity contribution in [2.75, 3.05) is 6.61 Å². The van der Waals surface area contributed by atoms with Gasteiger partial charge in [0, 0.05) is 0 Å². The highest BCUT2D eigenvalue weighted by Gasteiger charge is 2.30. The molecule has 0 aliphatic carbocycles. The molecule has 4 nitrogen and oxygen atoms in total. The summed E-state index contributed by atoms with van der Waals surface area (Å²) in [5.74, 6) is 0. The van der Waals surface area contributed by atoms with Crippen molar-refractivity contribution < 1.29 is 18.1 Å². The van der Waals surface area contributed by atoms with Crippen molar-refractivity contribution in [2.45, 2.75) is 66.1 Å². The molecular formula is C11H25O4P. The lowest BCUT2D eigenvalue weighted by atomic mass is 10.2. The largest absolute Gasteiger partial charge is 0.475 e. The molecule has 3 atom stereocenters. The van der Waals surface area contributed by atoms with Crippen LogP contribution < -0.4 is 0 Å². The fraction of sp³-hybridized carbons (Fsp3) is 1.00. The predicted molar refractivity (Wildman–Crippen MR) is 65.5 cm³/mol. The van der Waals surface area contributed by atoms with Gasteiger partial charge in [-0.1, -0.05) is 20.3 Å². The first-order valence-corrected chi connectivity index (χ1v) is 7.54. The van der Waals surface area contributed by atoms with Crippen LogP contribution in [0.25, 0.3) is 0 Å². The van der Waals surface area contributed by atoms with E-state index in [1.54, 1.807) is 6.92 Å². The number of phosphoric acid groups is 1. The van der Waals surface area contributed by atoms with Gasteiger partial charge in [0.05, 0.1) is 18.8 Å². The summed E-state index contributed by atoms with van der Waals surface area (Å²) < 4.78 is 28.1. The molecule has 0 aromatic rings. The number of phosphoric ester groups is 1. The molecule has 0 fully saturated rings. The number of rotatable bonds is 9. The van der Waals surface area contributed by atoms with E-state index in [0.717, 1.165) is 19.3 Å². The van der Waals surface area contributed by atoms with Crippen LogP contribution in [0.2, 0.25) is 0 Å². The first-order valence-electron chi connectivity index (χ1n) is 6.08. The molecule has 0 rings (SSSR count). The van der Waals surface area contributed by atoms with Gasteiger partial charge < -0.3 is 0 Å². The maximum Gasteiger partial charge on any atom is 0.475 e. The van der Waals surface area contributed by atoms with Crippen molar-refractivity contribution in [3.63, 3.8) is 0 Å². The Bertz CT molecular complexity index is 220. The molecule has 16 heavy (non-hydrogen) atoms. The minimum atomic E-state index is -3.38. The average molecular weight is 252 g/mol. The van der Waals surface area contributed by atoms with E-state index in [0.29, 0.717) is 6.61 Å². The van der Waals surface area contributed by atoms with Gasteiger partial charge in [-0.25, -0.2) is 4.57 Å². The molecule has 0 spiro atoms. The van der Waals surface area contributed by atoms with Crippen molar-refractivity contribution in [3.05, 3.63) is 0 Å². The first kappa shape index (κ1) is 16.1. The topological polar surface area (TPSA) is 44.8 Å². The molecule has 0 saturated heterocycles. The van der Waals surface area contributed by atoms with Crippen molar-refractivity contribution in [3.8, 4) is 0 Å². The van der Waals surface area contributed by atoms with Crippen LogP contribution in [0, 0.1) is 0 Å². The average Bonchev–Trinajstić information content (AvgIpc) is 2.17. The van der Waals surface area contributed by atoms with Crippen LogP contribution >= 0.6 is 7.82 Å². The Hall–Kier alpha value is 0.110. The summed E-state index contributed by atoms with van der Waals surface area (Å²) in [6.07, 6.45) is 2.39. The van der Waals surface area contributed by atoms with Gasteiger partial charge in [0.15, 0.2) is 0 Å². The lowest BCUT2D eigenvalue weighted by molar-refractivity contribution is 0.0610. The fourth-order valence-electron chi connectivity index (χ4n) is 1.22. The Labute approximate surface area is 99.3 Å². The Morgan fingerprint density at radius 1 is 1.06 bits per heavy atom. The lowest BCUT2D eigenvalue weighted by Gasteiger charge is -2.23. The molecule has 0 aliphatic rings. The van der Waals surface area contributed by atoms with Crippen LogP contribution in [0.15, 0.2) is 0 Å². The Kier molecular flexibility index (Phi) is 8.29. The van der Waals surface area contributed by atoms with E-state index in [4.69, 9.17) is 13.6 Å². The molecule has 3 unspecified atom stereocenters. The summed E-state index contributed by atoms with van der Waals surface area (Å²) in [5.41, 5.74) is 0. The number of hydrogen-bond donors (Lipinski definition) is 0. The van der Waals surface area contributed by atoms with E-state index in [1.807, 2.05) is 20.8 Å². The third-order valence-electron chi connectivity index (χ3n) is 2.18. The highest BCUT2D eigenvalue weighted by molar-refractivity contribution is 7.48. The zero-order chi connectivity index (χ0) is 12.6. The van der Waals surface area contributed by atoms with Gasteiger partial charge in [-0.05, 0) is 33.6 Å². The molecule has 0 aliphatic heterocycles. The SMILES string of the molecule is CCCC(C)OP(=O)(OCC)OC(C)CC. The fourth-order valence-corrected chi connectivity index (χ4v) is 2.84. The lowest BCUT2D eigenvalue weighted by Crippen LogP contribution is -2.13. The van der Waals surface area contributed by atoms with Crippen molar-refractivity contribution in [1.82, 2.24) is 0 Å². The summed E-state index contributed by atoms with van der Waals surface area (Å²) in [6, 6.07) is 0. The molecule has 0 aromatic carbocycles. The zero-order valence-electron chi connectivity index (χ0n) is 11.1. The highest BCUT2D eigenvalue weighted by atomic mass is 31.2. The molecule has 5 heteroatoms. The second kappa shape index (κ2) is 8.24. The summed E-state index contributed by atoms with van der Waals surface area (Å²) in [7, 11) is -3.38. The first-order chi connectivity index (χ1) is 7.47. The maximum absolute atomic E-state index is 12.2. The van der Waals surface area contributed by atoms with Crippen molar-refractivity contribution in [2.24, 2.45) is 0 Å². The van der Waals surface area contributed by atoms with Gasteiger partial charge in [0.2, 0.25) is 0 Å². The van der Waals surface area contributed by atoms with Crippen LogP contribution in [0.4, 0.5) is 0 Å². The van der Waals surface area contributed by atoms with Crippen LogP contribution in [0.3, 0.4) is 0 Å². The molecule has 0 aromatic heterocycles. The Balaban J connectivity index is 4.37. The summed E-state index contributed by atoms with van der Waals surface area (Å²) in [6.45, 7) is 9.87.